The van der Waals surface area contributed by atoms with Crippen LogP contribution in [0.2, 0.25) is 0 Å². The number of anilines is 1. The van der Waals surface area contributed by atoms with E-state index in [2.05, 4.69) is 39.4 Å². The molecule has 0 aliphatic heterocycles. The van der Waals surface area contributed by atoms with Crippen molar-refractivity contribution in [3.63, 3.8) is 0 Å². The molecule has 2 heterocycles. The Morgan fingerprint density at radius 1 is 1.15 bits per heavy atom. The average molecular weight is 276 g/mol. The molecule has 0 atom stereocenters. The molecule has 0 aliphatic carbocycles. The van der Waals surface area contributed by atoms with E-state index in [0.717, 1.165) is 31.0 Å². The van der Waals surface area contributed by atoms with Gasteiger partial charge in [-0.05, 0) is 51.0 Å². The monoisotopic (exact) mass is 276 g/mol. The molecule has 110 valence electrons. The lowest BCUT2D eigenvalue weighted by Gasteiger charge is -2.20. The van der Waals surface area contributed by atoms with E-state index in [-0.39, 0.29) is 0 Å². The third-order valence-corrected chi connectivity index (χ3v) is 3.20. The number of rotatable bonds is 9. The molecule has 0 aliphatic rings. The van der Waals surface area contributed by atoms with E-state index in [1.165, 1.54) is 25.9 Å². The van der Waals surface area contributed by atoms with E-state index >= 15 is 0 Å². The summed E-state index contributed by atoms with van der Waals surface area (Å²) in [5.41, 5.74) is 0.771. The molecular weight excluding hydrogens is 252 g/mol. The largest absolute Gasteiger partial charge is 0.369 e. The van der Waals surface area contributed by atoms with Crippen molar-refractivity contribution < 1.29 is 0 Å². The van der Waals surface area contributed by atoms with Crippen LogP contribution >= 0.6 is 0 Å². The normalized spacial score (nSPS) is 11.3. The van der Waals surface area contributed by atoms with Gasteiger partial charge in [-0.3, -0.25) is 0 Å². The molecule has 6 nitrogen and oxygen atoms in total. The summed E-state index contributed by atoms with van der Waals surface area (Å²) in [5, 5.41) is 15.5. The molecule has 0 unspecified atom stereocenters. The average Bonchev–Trinajstić information content (AvgIpc) is 2.91. The van der Waals surface area contributed by atoms with Crippen molar-refractivity contribution in [2.75, 3.05) is 31.5 Å². The maximum atomic E-state index is 4.39. The fourth-order valence-electron chi connectivity index (χ4n) is 2.31. The molecule has 2 aromatic rings. The third-order valence-electron chi connectivity index (χ3n) is 3.20. The Balaban J connectivity index is 1.74. The lowest BCUT2D eigenvalue weighted by Crippen LogP contribution is -2.27. The molecule has 2 rings (SSSR count). The second kappa shape index (κ2) is 7.79. The molecule has 0 aromatic carbocycles. The fraction of sp³-hybridized carbons (Fsp3) is 0.643. The Hall–Kier alpha value is -1.69. The summed E-state index contributed by atoms with van der Waals surface area (Å²) in [4.78, 5) is 2.53. The topological polar surface area (TPSA) is 58.3 Å². The molecule has 6 heteroatoms. The number of aromatic nitrogens is 4. The number of nitrogens with one attached hydrogen (secondary N) is 1. The Morgan fingerprint density at radius 3 is 2.70 bits per heavy atom. The molecular formula is C14H24N6. The Morgan fingerprint density at radius 2 is 1.95 bits per heavy atom. The van der Waals surface area contributed by atoms with Crippen LogP contribution in [0.3, 0.4) is 0 Å². The number of hydrogen-bond acceptors (Lipinski definition) is 5. The predicted molar refractivity (Wildman–Crippen MR) is 80.9 cm³/mol. The highest BCUT2D eigenvalue weighted by Gasteiger charge is 2.02. The minimum absolute atomic E-state index is 0.771. The van der Waals surface area contributed by atoms with Crippen LogP contribution in [0.25, 0.3) is 5.65 Å². The van der Waals surface area contributed by atoms with Gasteiger partial charge in [0.15, 0.2) is 5.65 Å². The van der Waals surface area contributed by atoms with Crippen molar-refractivity contribution in [3.05, 3.63) is 18.5 Å². The van der Waals surface area contributed by atoms with Gasteiger partial charge in [-0.25, -0.2) is 0 Å². The lowest BCUT2D eigenvalue weighted by atomic mass is 10.3. The summed E-state index contributed by atoms with van der Waals surface area (Å²) >= 11 is 0. The van der Waals surface area contributed by atoms with Gasteiger partial charge in [0.25, 0.3) is 0 Å². The minimum atomic E-state index is 0.771. The van der Waals surface area contributed by atoms with Crippen LogP contribution in [0.5, 0.6) is 0 Å². The van der Waals surface area contributed by atoms with Crippen LogP contribution in [0.4, 0.5) is 5.82 Å². The van der Waals surface area contributed by atoms with Crippen molar-refractivity contribution in [3.8, 4) is 0 Å². The summed E-state index contributed by atoms with van der Waals surface area (Å²) in [6.45, 7) is 8.93. The summed E-state index contributed by atoms with van der Waals surface area (Å²) in [6.07, 6.45) is 5.19. The molecule has 0 saturated carbocycles. The maximum absolute atomic E-state index is 4.39. The molecule has 0 amide bonds. The highest BCUT2D eigenvalue weighted by atomic mass is 15.4. The second-order valence-corrected chi connectivity index (χ2v) is 4.97. The maximum Gasteiger partial charge on any atom is 0.177 e. The summed E-state index contributed by atoms with van der Waals surface area (Å²) < 4.78 is 1.68. The van der Waals surface area contributed by atoms with Gasteiger partial charge in [0.1, 0.15) is 12.1 Å². The second-order valence-electron chi connectivity index (χ2n) is 4.97. The van der Waals surface area contributed by atoms with Gasteiger partial charge in [0.2, 0.25) is 0 Å². The van der Waals surface area contributed by atoms with Crippen LogP contribution in [-0.4, -0.2) is 50.9 Å². The molecule has 0 saturated heterocycles. The Bertz CT molecular complexity index is 503. The summed E-state index contributed by atoms with van der Waals surface area (Å²) in [5.74, 6) is 0.870. The predicted octanol–water partition coefficient (Wildman–Crippen LogP) is 2.05. The zero-order chi connectivity index (χ0) is 14.2. The van der Waals surface area contributed by atoms with Gasteiger partial charge in [-0.15, -0.1) is 15.3 Å². The van der Waals surface area contributed by atoms with Crippen molar-refractivity contribution >= 4 is 11.5 Å². The van der Waals surface area contributed by atoms with Crippen molar-refractivity contribution in [1.29, 1.82) is 0 Å². The molecule has 1 N–H and O–H groups in total. The summed E-state index contributed by atoms with van der Waals surface area (Å²) in [6, 6.07) is 3.86. The zero-order valence-electron chi connectivity index (χ0n) is 12.4. The molecule has 20 heavy (non-hydrogen) atoms. The lowest BCUT2D eigenvalue weighted by molar-refractivity contribution is 0.274. The standard InChI is InChI=1S/C14H24N6/c1-3-9-19(10-4-2)11-5-8-15-13-6-7-14-17-16-12-20(14)18-13/h6-7,12H,3-5,8-11H2,1-2H3,(H,15,18). The zero-order valence-corrected chi connectivity index (χ0v) is 12.4. The van der Waals surface area contributed by atoms with Crippen LogP contribution in [-0.2, 0) is 0 Å². The van der Waals surface area contributed by atoms with E-state index < -0.39 is 0 Å². The van der Waals surface area contributed by atoms with E-state index in [0.29, 0.717) is 0 Å². The van der Waals surface area contributed by atoms with Gasteiger partial charge < -0.3 is 10.2 Å². The molecule has 2 aromatic heterocycles. The van der Waals surface area contributed by atoms with Crippen LogP contribution in [0.15, 0.2) is 18.5 Å². The van der Waals surface area contributed by atoms with Crippen molar-refractivity contribution in [2.24, 2.45) is 0 Å². The highest BCUT2D eigenvalue weighted by Crippen LogP contribution is 2.04. The Kier molecular flexibility index (Phi) is 5.73. The first-order valence-electron chi connectivity index (χ1n) is 7.46. The summed E-state index contributed by atoms with van der Waals surface area (Å²) in [7, 11) is 0. The van der Waals surface area contributed by atoms with Crippen molar-refractivity contribution in [2.45, 2.75) is 33.1 Å². The van der Waals surface area contributed by atoms with Crippen molar-refractivity contribution in [1.82, 2.24) is 24.7 Å². The highest BCUT2D eigenvalue weighted by molar-refractivity contribution is 5.42. The van der Waals surface area contributed by atoms with Crippen LogP contribution in [0.1, 0.15) is 33.1 Å². The van der Waals surface area contributed by atoms with Gasteiger partial charge in [0, 0.05) is 6.54 Å². The molecule has 0 radical (unpaired) electrons. The first kappa shape index (κ1) is 14.7. The number of fused-ring (bicyclic) bond motifs is 1. The van der Waals surface area contributed by atoms with Crippen LogP contribution < -0.4 is 5.32 Å². The van der Waals surface area contributed by atoms with E-state index in [1.807, 2.05) is 12.1 Å². The SMILES string of the molecule is CCCN(CCC)CCCNc1ccc2nncn2n1. The van der Waals surface area contributed by atoms with E-state index in [1.54, 1.807) is 10.8 Å². The first-order valence-corrected chi connectivity index (χ1v) is 7.46. The molecule has 0 fully saturated rings. The van der Waals surface area contributed by atoms with Crippen LogP contribution in [0, 0.1) is 0 Å². The quantitative estimate of drug-likeness (QED) is 0.710. The minimum Gasteiger partial charge on any atom is -0.369 e. The molecule has 0 bridgehead atoms. The molecule has 0 spiro atoms. The third kappa shape index (κ3) is 4.16. The van der Waals surface area contributed by atoms with Gasteiger partial charge in [-0.2, -0.15) is 4.52 Å². The van der Waals surface area contributed by atoms with E-state index in [9.17, 15) is 0 Å². The smallest absolute Gasteiger partial charge is 0.177 e. The Labute approximate surface area is 120 Å². The number of nitrogens with zero attached hydrogens (tertiary/aromatic N) is 5. The first-order chi connectivity index (χ1) is 9.83. The van der Waals surface area contributed by atoms with Gasteiger partial charge in [0.05, 0.1) is 0 Å². The number of hydrogen-bond donors (Lipinski definition) is 1. The fourth-order valence-corrected chi connectivity index (χ4v) is 2.31. The van der Waals surface area contributed by atoms with E-state index in [4.69, 9.17) is 0 Å². The van der Waals surface area contributed by atoms with Gasteiger partial charge in [-0.1, -0.05) is 13.8 Å². The van der Waals surface area contributed by atoms with Gasteiger partial charge >= 0.3 is 0 Å².